The van der Waals surface area contributed by atoms with Crippen LogP contribution in [0.4, 0.5) is 18.9 Å². The van der Waals surface area contributed by atoms with E-state index in [0.29, 0.717) is 16.8 Å². The molecule has 0 bridgehead atoms. The molecular weight excluding hydrogens is 475 g/mol. The summed E-state index contributed by atoms with van der Waals surface area (Å²) < 4.78 is 47.4. The number of fused-ring (bicyclic) bond motifs is 1. The predicted octanol–water partition coefficient (Wildman–Crippen LogP) is 2.11. The van der Waals surface area contributed by atoms with Crippen LogP contribution in [0.5, 0.6) is 0 Å². The van der Waals surface area contributed by atoms with Gasteiger partial charge in [0.25, 0.3) is 11.8 Å². The molecule has 4 aromatic rings. The maximum atomic E-state index is 12.9. The fraction of sp³-hybridized carbons (Fsp3) is 0.238. The summed E-state index contributed by atoms with van der Waals surface area (Å²) in [6.07, 6.45) is -1.86. The molecule has 0 aliphatic rings. The molecular formula is C21H18F3N5O6. The molecule has 1 amide bonds. The Morgan fingerprint density at radius 1 is 1.20 bits per heavy atom. The summed E-state index contributed by atoms with van der Waals surface area (Å²) in [4.78, 5) is 20.9. The summed E-state index contributed by atoms with van der Waals surface area (Å²) in [5.41, 5.74) is 1.62. The van der Waals surface area contributed by atoms with Crippen molar-refractivity contribution in [2.75, 3.05) is 11.9 Å². The molecule has 0 spiro atoms. The number of carbonyl (C=O) groups excluding carboxylic acids is 1. The summed E-state index contributed by atoms with van der Waals surface area (Å²) in [5.74, 6) is -3.64. The minimum Gasteiger partial charge on any atom is -0.362 e. The number of imidazole rings is 1. The van der Waals surface area contributed by atoms with Gasteiger partial charge in [0.1, 0.15) is 24.6 Å². The molecule has 0 atom stereocenters. The fourth-order valence-corrected chi connectivity index (χ4v) is 3.12. The van der Waals surface area contributed by atoms with Crippen LogP contribution in [-0.4, -0.2) is 53.5 Å². The number of halogens is 3. The van der Waals surface area contributed by atoms with Crippen molar-refractivity contribution >= 4 is 17.2 Å². The van der Waals surface area contributed by atoms with Crippen LogP contribution in [0.2, 0.25) is 0 Å². The monoisotopic (exact) mass is 493 g/mol. The van der Waals surface area contributed by atoms with Crippen molar-refractivity contribution in [1.82, 2.24) is 19.5 Å². The van der Waals surface area contributed by atoms with Gasteiger partial charge in [-0.15, -0.1) is 0 Å². The van der Waals surface area contributed by atoms with Crippen molar-refractivity contribution in [2.45, 2.75) is 25.7 Å². The van der Waals surface area contributed by atoms with Gasteiger partial charge in [0, 0.05) is 23.0 Å². The largest absolute Gasteiger partial charge is 0.411 e. The first kappa shape index (κ1) is 24.3. The number of anilines is 1. The Morgan fingerprint density at radius 3 is 2.69 bits per heavy atom. The number of ether oxygens (including phenoxy) is 1. The molecule has 0 fully saturated rings. The SMILES string of the molecule is Cc1ccc(-c2noc(COCC(F)(F)F)n2)cc1NC(=O)c1cnc2cc(C(O)(O)O)ccn12. The number of alkyl halides is 3. The molecule has 14 heteroatoms. The molecule has 184 valence electrons. The number of hydrogen-bond acceptors (Lipinski definition) is 9. The van der Waals surface area contributed by atoms with Gasteiger partial charge in [-0.25, -0.2) is 4.98 Å². The number of benzene rings is 1. The summed E-state index contributed by atoms with van der Waals surface area (Å²) in [7, 11) is 0. The molecule has 0 saturated carbocycles. The number of rotatable bonds is 7. The van der Waals surface area contributed by atoms with E-state index in [4.69, 9.17) is 4.52 Å². The van der Waals surface area contributed by atoms with Gasteiger partial charge in [-0.3, -0.25) is 9.20 Å². The number of carbonyl (C=O) groups is 1. The maximum absolute atomic E-state index is 12.9. The predicted molar refractivity (Wildman–Crippen MR) is 112 cm³/mol. The number of nitrogens with zero attached hydrogens (tertiary/aromatic N) is 4. The highest BCUT2D eigenvalue weighted by Gasteiger charge is 2.28. The van der Waals surface area contributed by atoms with E-state index in [9.17, 15) is 33.3 Å². The van der Waals surface area contributed by atoms with E-state index >= 15 is 0 Å². The highest BCUT2D eigenvalue weighted by atomic mass is 19.4. The lowest BCUT2D eigenvalue weighted by Gasteiger charge is -2.14. The summed E-state index contributed by atoms with van der Waals surface area (Å²) >= 11 is 0. The van der Waals surface area contributed by atoms with Crippen LogP contribution in [0.25, 0.3) is 17.0 Å². The highest BCUT2D eigenvalue weighted by molar-refractivity contribution is 6.04. The Bertz CT molecular complexity index is 1380. The van der Waals surface area contributed by atoms with Gasteiger partial charge in [-0.2, -0.15) is 18.2 Å². The van der Waals surface area contributed by atoms with Crippen LogP contribution in [0.15, 0.2) is 47.2 Å². The van der Waals surface area contributed by atoms with Crippen LogP contribution in [-0.2, 0) is 17.3 Å². The molecule has 0 saturated heterocycles. The molecule has 1 aromatic carbocycles. The van der Waals surface area contributed by atoms with Crippen molar-refractivity contribution in [3.8, 4) is 11.4 Å². The van der Waals surface area contributed by atoms with Gasteiger partial charge in [0.15, 0.2) is 0 Å². The number of hydrogen-bond donors (Lipinski definition) is 4. The normalized spacial score (nSPS) is 12.3. The second-order valence-corrected chi connectivity index (χ2v) is 7.53. The van der Waals surface area contributed by atoms with E-state index < -0.39 is 31.3 Å². The zero-order valence-electron chi connectivity index (χ0n) is 17.9. The lowest BCUT2D eigenvalue weighted by atomic mass is 10.1. The van der Waals surface area contributed by atoms with Crippen LogP contribution in [0.3, 0.4) is 0 Å². The Balaban J connectivity index is 1.51. The van der Waals surface area contributed by atoms with Gasteiger partial charge in [0.05, 0.1) is 6.20 Å². The van der Waals surface area contributed by atoms with E-state index in [1.807, 2.05) is 0 Å². The highest BCUT2D eigenvalue weighted by Crippen LogP contribution is 2.25. The smallest absolute Gasteiger partial charge is 0.362 e. The summed E-state index contributed by atoms with van der Waals surface area (Å²) in [5, 5.41) is 34.4. The number of pyridine rings is 1. The van der Waals surface area contributed by atoms with E-state index in [1.165, 1.54) is 28.9 Å². The first-order chi connectivity index (χ1) is 16.4. The third kappa shape index (κ3) is 5.63. The van der Waals surface area contributed by atoms with Gasteiger partial charge in [0.2, 0.25) is 5.82 Å². The van der Waals surface area contributed by atoms with Crippen LogP contribution >= 0.6 is 0 Å². The molecule has 3 heterocycles. The first-order valence-corrected chi connectivity index (χ1v) is 9.95. The van der Waals surface area contributed by atoms with Gasteiger partial charge >= 0.3 is 12.1 Å². The molecule has 35 heavy (non-hydrogen) atoms. The van der Waals surface area contributed by atoms with Crippen molar-refractivity contribution in [1.29, 1.82) is 0 Å². The Morgan fingerprint density at radius 2 is 1.97 bits per heavy atom. The maximum Gasteiger partial charge on any atom is 0.411 e. The Hall–Kier alpha value is -3.85. The third-order valence-corrected chi connectivity index (χ3v) is 4.84. The second-order valence-electron chi connectivity index (χ2n) is 7.53. The van der Waals surface area contributed by atoms with Crippen molar-refractivity contribution < 1.29 is 42.5 Å². The minimum atomic E-state index is -4.48. The number of aryl methyl sites for hydroxylation is 1. The molecule has 0 aliphatic heterocycles. The van der Waals surface area contributed by atoms with Crippen molar-refractivity contribution in [3.05, 3.63) is 65.4 Å². The number of nitrogens with one attached hydrogen (secondary N) is 1. The lowest BCUT2D eigenvalue weighted by molar-refractivity contribution is -0.323. The zero-order valence-corrected chi connectivity index (χ0v) is 17.9. The number of amides is 1. The molecule has 0 radical (unpaired) electrons. The Kier molecular flexibility index (Phi) is 6.29. The average Bonchev–Trinajstić information content (AvgIpc) is 3.40. The van der Waals surface area contributed by atoms with E-state index in [1.54, 1.807) is 25.1 Å². The summed E-state index contributed by atoms with van der Waals surface area (Å²) in [6, 6.07) is 7.32. The van der Waals surface area contributed by atoms with E-state index in [0.717, 1.165) is 0 Å². The molecule has 0 unspecified atom stereocenters. The van der Waals surface area contributed by atoms with E-state index in [-0.39, 0.29) is 28.6 Å². The van der Waals surface area contributed by atoms with Gasteiger partial charge in [-0.05, 0) is 30.7 Å². The van der Waals surface area contributed by atoms with Gasteiger partial charge < -0.3 is 29.9 Å². The van der Waals surface area contributed by atoms with Crippen molar-refractivity contribution in [3.63, 3.8) is 0 Å². The second kappa shape index (κ2) is 9.07. The molecule has 4 N–H and O–H groups in total. The molecule has 4 rings (SSSR count). The zero-order chi connectivity index (χ0) is 25.4. The fourth-order valence-electron chi connectivity index (χ4n) is 3.12. The lowest BCUT2D eigenvalue weighted by Crippen LogP contribution is -2.24. The average molecular weight is 493 g/mol. The quantitative estimate of drug-likeness (QED) is 0.283. The van der Waals surface area contributed by atoms with Crippen molar-refractivity contribution in [2.24, 2.45) is 0 Å². The topological polar surface area (TPSA) is 155 Å². The van der Waals surface area contributed by atoms with Gasteiger partial charge in [-0.1, -0.05) is 17.3 Å². The first-order valence-electron chi connectivity index (χ1n) is 9.95. The molecule has 0 aliphatic carbocycles. The van der Waals surface area contributed by atoms with Crippen LogP contribution in [0, 0.1) is 6.92 Å². The molecule has 3 aromatic heterocycles. The van der Waals surface area contributed by atoms with Crippen LogP contribution < -0.4 is 5.32 Å². The number of aromatic nitrogens is 4. The number of aliphatic hydroxyl groups is 3. The van der Waals surface area contributed by atoms with Crippen LogP contribution in [0.1, 0.15) is 27.5 Å². The third-order valence-electron chi connectivity index (χ3n) is 4.84. The van der Waals surface area contributed by atoms with E-state index in [2.05, 4.69) is 25.2 Å². The molecule has 11 nitrogen and oxygen atoms in total. The Labute approximate surface area is 194 Å². The standard InChI is InChI=1S/C21H18F3N5O6/c1-11-2-3-12(18-27-17(35-28-18)9-34-10-20(22,23)24)6-14(11)26-19(30)15-8-25-16-7-13(21(31,32)33)4-5-29(15)16/h2-8,31-33H,9-10H2,1H3,(H,26,30). The summed E-state index contributed by atoms with van der Waals surface area (Å²) in [6.45, 7) is -0.213. The minimum absolute atomic E-state index is 0.0916.